The maximum Gasteiger partial charge on any atom is 0.471 e. The quantitative estimate of drug-likeness (QED) is 0.689. The van der Waals surface area contributed by atoms with E-state index in [9.17, 15) is 22.8 Å². The van der Waals surface area contributed by atoms with Gasteiger partial charge in [0, 0.05) is 29.2 Å². The molecule has 9 heteroatoms. The number of carbonyl (C=O) groups is 2. The van der Waals surface area contributed by atoms with Crippen molar-refractivity contribution in [3.05, 3.63) is 28.8 Å². The number of rotatable bonds is 2. The number of hydrogen-bond donors (Lipinski definition) is 0. The van der Waals surface area contributed by atoms with E-state index in [0.29, 0.717) is 30.1 Å². The van der Waals surface area contributed by atoms with E-state index in [0.717, 1.165) is 4.90 Å². The molecule has 0 saturated carbocycles. The zero-order chi connectivity index (χ0) is 20.9. The lowest BCUT2D eigenvalue weighted by Gasteiger charge is -2.26. The molecule has 1 atom stereocenters. The van der Waals surface area contributed by atoms with Crippen molar-refractivity contribution in [1.29, 1.82) is 0 Å². The fourth-order valence-electron chi connectivity index (χ4n) is 3.97. The lowest BCUT2D eigenvalue weighted by atomic mass is 9.81. The Kier molecular flexibility index (Phi) is 5.17. The largest absolute Gasteiger partial charge is 0.471 e. The molecular formula is C19H22ClF3N2O3. The molecule has 0 aromatic heterocycles. The van der Waals surface area contributed by atoms with Gasteiger partial charge in [0.2, 0.25) is 0 Å². The van der Waals surface area contributed by atoms with Crippen molar-refractivity contribution in [1.82, 2.24) is 4.90 Å². The van der Waals surface area contributed by atoms with Crippen LogP contribution in [0.2, 0.25) is 5.02 Å². The highest BCUT2D eigenvalue weighted by atomic mass is 35.5. The first-order valence-electron chi connectivity index (χ1n) is 8.94. The first-order chi connectivity index (χ1) is 12.8. The standard InChI is InChI=1S/C19H22ClF3N2O3/c1-17(2,3)28-15(26)9-24-7-6-18(10-24)11-25(16(27)19(21,22)23)14-5-4-12(20)8-13(14)18/h4-5,8H,6-7,9-11H2,1-3H3. The third-order valence-corrected chi connectivity index (χ3v) is 5.21. The van der Waals surface area contributed by atoms with Crippen LogP contribution in [0.25, 0.3) is 0 Å². The van der Waals surface area contributed by atoms with Crippen LogP contribution < -0.4 is 4.90 Å². The van der Waals surface area contributed by atoms with E-state index < -0.39 is 29.1 Å². The monoisotopic (exact) mass is 418 g/mol. The minimum atomic E-state index is -4.96. The second kappa shape index (κ2) is 6.91. The third-order valence-electron chi connectivity index (χ3n) is 4.97. The highest BCUT2D eigenvalue weighted by molar-refractivity contribution is 6.30. The maximum atomic E-state index is 13.1. The second-order valence-electron chi connectivity index (χ2n) is 8.38. The van der Waals surface area contributed by atoms with Crippen LogP contribution in [0.15, 0.2) is 18.2 Å². The smallest absolute Gasteiger partial charge is 0.459 e. The number of ether oxygens (including phenoxy) is 1. The second-order valence-corrected chi connectivity index (χ2v) is 8.81. The molecule has 1 aromatic carbocycles. The minimum Gasteiger partial charge on any atom is -0.459 e. The average Bonchev–Trinajstić information content (AvgIpc) is 3.06. The van der Waals surface area contributed by atoms with Crippen molar-refractivity contribution in [2.75, 3.05) is 31.1 Å². The number of likely N-dealkylation sites (tertiary alicyclic amines) is 1. The number of esters is 1. The number of alkyl halides is 3. The number of anilines is 1. The molecule has 5 nitrogen and oxygen atoms in total. The summed E-state index contributed by atoms with van der Waals surface area (Å²) in [5.41, 5.74) is -0.462. The van der Waals surface area contributed by atoms with Crippen LogP contribution in [-0.2, 0) is 19.7 Å². The first-order valence-corrected chi connectivity index (χ1v) is 9.31. The summed E-state index contributed by atoms with van der Waals surface area (Å²) in [7, 11) is 0. The molecular weight excluding hydrogens is 397 g/mol. The van der Waals surface area contributed by atoms with Gasteiger partial charge in [-0.1, -0.05) is 11.6 Å². The van der Waals surface area contributed by atoms with Crippen molar-refractivity contribution >= 4 is 29.2 Å². The molecule has 0 aliphatic carbocycles. The Morgan fingerprint density at radius 3 is 2.50 bits per heavy atom. The van der Waals surface area contributed by atoms with Gasteiger partial charge in [0.25, 0.3) is 0 Å². The predicted octanol–water partition coefficient (Wildman–Crippen LogP) is 3.53. The van der Waals surface area contributed by atoms with E-state index in [1.807, 2.05) is 4.90 Å². The number of fused-ring (bicyclic) bond motifs is 2. The molecule has 1 unspecified atom stereocenters. The minimum absolute atomic E-state index is 0.0438. The normalized spacial score (nSPS) is 22.6. The van der Waals surface area contributed by atoms with Gasteiger partial charge in [-0.05, 0) is 57.5 Å². The molecule has 154 valence electrons. The molecule has 1 fully saturated rings. The highest BCUT2D eigenvalue weighted by Crippen LogP contribution is 2.48. The van der Waals surface area contributed by atoms with Crippen LogP contribution in [0, 0.1) is 0 Å². The van der Waals surface area contributed by atoms with Gasteiger partial charge in [-0.2, -0.15) is 13.2 Å². The molecule has 1 spiro atoms. The summed E-state index contributed by atoms with van der Waals surface area (Å²) in [6.07, 6.45) is -4.44. The SMILES string of the molecule is CC(C)(C)OC(=O)CN1CCC2(C1)CN(C(=O)C(F)(F)F)c1ccc(Cl)cc12. The van der Waals surface area contributed by atoms with Crippen LogP contribution in [0.4, 0.5) is 18.9 Å². The number of halogens is 4. The van der Waals surface area contributed by atoms with Crippen molar-refractivity contribution in [2.24, 2.45) is 0 Å². The molecule has 0 N–H and O–H groups in total. The van der Waals surface area contributed by atoms with Gasteiger partial charge < -0.3 is 9.64 Å². The summed E-state index contributed by atoms with van der Waals surface area (Å²) in [4.78, 5) is 26.7. The summed E-state index contributed by atoms with van der Waals surface area (Å²) >= 11 is 6.08. The Morgan fingerprint density at radius 1 is 1.21 bits per heavy atom. The highest BCUT2D eigenvalue weighted by Gasteiger charge is 2.53. The summed E-state index contributed by atoms with van der Waals surface area (Å²) in [5.74, 6) is -2.28. The van der Waals surface area contributed by atoms with Gasteiger partial charge in [0.05, 0.1) is 6.54 Å². The summed E-state index contributed by atoms with van der Waals surface area (Å²) in [6, 6.07) is 4.55. The van der Waals surface area contributed by atoms with E-state index in [4.69, 9.17) is 16.3 Å². The maximum absolute atomic E-state index is 13.1. The first kappa shape index (κ1) is 20.9. The van der Waals surface area contributed by atoms with Gasteiger partial charge in [-0.15, -0.1) is 0 Å². The lowest BCUT2D eigenvalue weighted by molar-refractivity contribution is -0.170. The predicted molar refractivity (Wildman–Crippen MR) is 98.4 cm³/mol. The summed E-state index contributed by atoms with van der Waals surface area (Å²) in [6.45, 7) is 6.12. The Hall–Kier alpha value is -1.80. The van der Waals surface area contributed by atoms with Crippen LogP contribution >= 0.6 is 11.6 Å². The Labute approximate surface area is 166 Å². The van der Waals surface area contributed by atoms with Crippen LogP contribution in [-0.4, -0.2) is 54.7 Å². The zero-order valence-electron chi connectivity index (χ0n) is 15.9. The molecule has 1 saturated heterocycles. The molecule has 3 rings (SSSR count). The number of benzene rings is 1. The third kappa shape index (κ3) is 4.12. The van der Waals surface area contributed by atoms with Crippen LogP contribution in [0.1, 0.15) is 32.8 Å². The number of hydrogen-bond acceptors (Lipinski definition) is 4. The number of nitrogens with zero attached hydrogens (tertiary/aromatic N) is 2. The topological polar surface area (TPSA) is 49.9 Å². The van der Waals surface area contributed by atoms with E-state index in [2.05, 4.69) is 0 Å². The fourth-order valence-corrected chi connectivity index (χ4v) is 4.15. The lowest BCUT2D eigenvalue weighted by Crippen LogP contribution is -2.44. The number of carbonyl (C=O) groups excluding carboxylic acids is 2. The molecule has 0 bridgehead atoms. The van der Waals surface area contributed by atoms with Crippen molar-refractivity contribution in [3.8, 4) is 0 Å². The van der Waals surface area contributed by atoms with E-state index in [1.54, 1.807) is 26.8 Å². The molecule has 2 heterocycles. The molecule has 1 amide bonds. The fraction of sp³-hybridized carbons (Fsp3) is 0.579. The van der Waals surface area contributed by atoms with Gasteiger partial charge in [0.1, 0.15) is 5.60 Å². The van der Waals surface area contributed by atoms with Gasteiger partial charge >= 0.3 is 18.1 Å². The molecule has 2 aliphatic heterocycles. The van der Waals surface area contributed by atoms with E-state index in [-0.39, 0.29) is 18.8 Å². The van der Waals surface area contributed by atoms with Crippen molar-refractivity contribution in [3.63, 3.8) is 0 Å². The Bertz CT molecular complexity index is 807. The zero-order valence-corrected chi connectivity index (χ0v) is 16.7. The Balaban J connectivity index is 1.84. The van der Waals surface area contributed by atoms with Crippen LogP contribution in [0.5, 0.6) is 0 Å². The number of amides is 1. The van der Waals surface area contributed by atoms with Gasteiger partial charge in [0.15, 0.2) is 0 Å². The molecule has 2 aliphatic rings. The summed E-state index contributed by atoms with van der Waals surface area (Å²) in [5, 5.41) is 0.394. The van der Waals surface area contributed by atoms with E-state index in [1.165, 1.54) is 12.1 Å². The van der Waals surface area contributed by atoms with Crippen molar-refractivity contribution in [2.45, 2.75) is 44.4 Å². The van der Waals surface area contributed by atoms with E-state index >= 15 is 0 Å². The molecule has 1 aromatic rings. The summed E-state index contributed by atoms with van der Waals surface area (Å²) < 4.78 is 44.5. The Morgan fingerprint density at radius 2 is 1.89 bits per heavy atom. The van der Waals surface area contributed by atoms with Crippen molar-refractivity contribution < 1.29 is 27.5 Å². The molecule has 28 heavy (non-hydrogen) atoms. The van der Waals surface area contributed by atoms with Gasteiger partial charge in [-0.25, -0.2) is 0 Å². The molecule has 0 radical (unpaired) electrons. The van der Waals surface area contributed by atoms with Gasteiger partial charge in [-0.3, -0.25) is 14.5 Å². The average molecular weight is 419 g/mol. The van der Waals surface area contributed by atoms with Crippen LogP contribution in [0.3, 0.4) is 0 Å².